The summed E-state index contributed by atoms with van der Waals surface area (Å²) < 4.78 is 2.01. The first-order valence-corrected chi connectivity index (χ1v) is 6.68. The van der Waals surface area contributed by atoms with Crippen LogP contribution in [0.3, 0.4) is 0 Å². The Labute approximate surface area is 108 Å². The van der Waals surface area contributed by atoms with Crippen molar-refractivity contribution < 1.29 is 4.79 Å². The van der Waals surface area contributed by atoms with Crippen molar-refractivity contribution in [2.45, 2.75) is 45.2 Å². The molecule has 0 bridgehead atoms. The molecule has 0 unspecified atom stereocenters. The van der Waals surface area contributed by atoms with Gasteiger partial charge in [0, 0.05) is 44.5 Å². The summed E-state index contributed by atoms with van der Waals surface area (Å²) in [6, 6.07) is 0.145. The van der Waals surface area contributed by atoms with E-state index in [0.717, 1.165) is 31.6 Å². The van der Waals surface area contributed by atoms with Crippen LogP contribution in [0, 0.1) is 6.92 Å². The first-order chi connectivity index (χ1) is 8.66. The lowest BCUT2D eigenvalue weighted by atomic mass is 10.2. The highest BCUT2D eigenvalue weighted by Crippen LogP contribution is 2.11. The molecule has 1 aromatic heterocycles. The predicted molar refractivity (Wildman–Crippen MR) is 70.0 cm³/mol. The number of imidazole rings is 1. The summed E-state index contributed by atoms with van der Waals surface area (Å²) in [5.74, 6) is 1.16. The van der Waals surface area contributed by atoms with Gasteiger partial charge in [0.25, 0.3) is 0 Å². The van der Waals surface area contributed by atoms with Crippen LogP contribution in [-0.2, 0) is 11.3 Å². The number of hydrogen-bond donors (Lipinski definition) is 1. The molecule has 0 aliphatic carbocycles. The molecule has 2 rings (SSSR count). The Morgan fingerprint density at radius 2 is 2.39 bits per heavy atom. The largest absolute Gasteiger partial charge is 0.341 e. The van der Waals surface area contributed by atoms with Gasteiger partial charge in [-0.25, -0.2) is 4.98 Å². The number of likely N-dealkylation sites (tertiary alicyclic amines) is 1. The van der Waals surface area contributed by atoms with E-state index in [4.69, 9.17) is 5.73 Å². The fourth-order valence-corrected chi connectivity index (χ4v) is 2.42. The number of nitrogens with zero attached hydrogens (tertiary/aromatic N) is 3. The van der Waals surface area contributed by atoms with Crippen LogP contribution in [0.25, 0.3) is 0 Å². The van der Waals surface area contributed by atoms with Crippen LogP contribution < -0.4 is 5.73 Å². The lowest BCUT2D eigenvalue weighted by Gasteiger charge is -2.22. The number of nitrogens with two attached hydrogens (primary N) is 1. The molecule has 0 aromatic carbocycles. The van der Waals surface area contributed by atoms with Crippen molar-refractivity contribution in [2.75, 3.05) is 13.1 Å². The quantitative estimate of drug-likeness (QED) is 0.867. The van der Waals surface area contributed by atoms with E-state index in [-0.39, 0.29) is 11.9 Å². The highest BCUT2D eigenvalue weighted by molar-refractivity contribution is 5.76. The zero-order chi connectivity index (χ0) is 13.0. The third kappa shape index (κ3) is 3.32. The van der Waals surface area contributed by atoms with E-state index < -0.39 is 0 Å². The molecular weight excluding hydrogens is 228 g/mol. The van der Waals surface area contributed by atoms with E-state index >= 15 is 0 Å². The average Bonchev–Trinajstić information content (AvgIpc) is 2.62. The van der Waals surface area contributed by atoms with Crippen LogP contribution in [0.2, 0.25) is 0 Å². The van der Waals surface area contributed by atoms with Gasteiger partial charge < -0.3 is 15.2 Å². The predicted octanol–water partition coefficient (Wildman–Crippen LogP) is 0.921. The van der Waals surface area contributed by atoms with E-state index in [0.29, 0.717) is 19.5 Å². The Balaban J connectivity index is 1.85. The smallest absolute Gasteiger partial charge is 0.224 e. The molecule has 1 aliphatic rings. The zero-order valence-corrected chi connectivity index (χ0v) is 11.0. The maximum Gasteiger partial charge on any atom is 0.224 e. The van der Waals surface area contributed by atoms with Gasteiger partial charge in [-0.2, -0.15) is 0 Å². The molecule has 0 saturated carbocycles. The van der Waals surface area contributed by atoms with Gasteiger partial charge >= 0.3 is 0 Å². The van der Waals surface area contributed by atoms with Gasteiger partial charge in [0.15, 0.2) is 0 Å². The van der Waals surface area contributed by atoms with Crippen molar-refractivity contribution >= 4 is 5.91 Å². The molecule has 0 radical (unpaired) electrons. The van der Waals surface area contributed by atoms with Gasteiger partial charge in [-0.05, 0) is 19.8 Å². The minimum Gasteiger partial charge on any atom is -0.341 e. The monoisotopic (exact) mass is 250 g/mol. The first-order valence-electron chi connectivity index (χ1n) is 6.68. The summed E-state index contributed by atoms with van der Waals surface area (Å²) in [5.41, 5.74) is 5.97. The molecule has 1 aliphatic heterocycles. The van der Waals surface area contributed by atoms with Crippen molar-refractivity contribution in [3.63, 3.8) is 0 Å². The fourth-order valence-electron chi connectivity index (χ4n) is 2.42. The Hall–Kier alpha value is -1.36. The van der Waals surface area contributed by atoms with Crippen molar-refractivity contribution in [1.29, 1.82) is 0 Å². The standard InChI is InChI=1S/C13H22N4O/c1-11-15-6-9-16(11)8-5-13(18)17-7-3-2-4-12(14)10-17/h6,9,12H,2-5,7-8,10,14H2,1H3/t12-/m1/s1. The van der Waals surface area contributed by atoms with Crippen LogP contribution in [0.5, 0.6) is 0 Å². The molecule has 5 heteroatoms. The van der Waals surface area contributed by atoms with Gasteiger partial charge in [-0.1, -0.05) is 6.42 Å². The SMILES string of the molecule is Cc1nccn1CCC(=O)N1CCCC[C@@H](N)C1. The second-order valence-corrected chi connectivity index (χ2v) is 5.01. The van der Waals surface area contributed by atoms with E-state index in [1.165, 1.54) is 0 Å². The molecule has 18 heavy (non-hydrogen) atoms. The molecule has 100 valence electrons. The summed E-state index contributed by atoms with van der Waals surface area (Å²) in [6.07, 6.45) is 7.45. The van der Waals surface area contributed by atoms with Crippen molar-refractivity contribution in [3.8, 4) is 0 Å². The van der Waals surface area contributed by atoms with E-state index in [1.807, 2.05) is 22.6 Å². The lowest BCUT2D eigenvalue weighted by Crippen LogP contribution is -2.40. The molecule has 2 N–H and O–H groups in total. The Kier molecular flexibility index (Phi) is 4.36. The van der Waals surface area contributed by atoms with Crippen molar-refractivity contribution in [2.24, 2.45) is 5.73 Å². The van der Waals surface area contributed by atoms with E-state index in [2.05, 4.69) is 4.98 Å². The maximum absolute atomic E-state index is 12.1. The molecular formula is C13H22N4O. The minimum absolute atomic E-state index is 0.145. The summed E-state index contributed by atoms with van der Waals surface area (Å²) in [5, 5.41) is 0. The summed E-state index contributed by atoms with van der Waals surface area (Å²) in [4.78, 5) is 18.2. The molecule has 1 fully saturated rings. The van der Waals surface area contributed by atoms with Gasteiger partial charge in [0.2, 0.25) is 5.91 Å². The van der Waals surface area contributed by atoms with E-state index in [9.17, 15) is 4.79 Å². The van der Waals surface area contributed by atoms with Crippen LogP contribution in [0.1, 0.15) is 31.5 Å². The number of aryl methyl sites for hydroxylation is 2. The maximum atomic E-state index is 12.1. The number of carbonyl (C=O) groups is 1. The first kappa shape index (κ1) is 13.1. The lowest BCUT2D eigenvalue weighted by molar-refractivity contribution is -0.131. The average molecular weight is 250 g/mol. The van der Waals surface area contributed by atoms with E-state index in [1.54, 1.807) is 6.20 Å². The van der Waals surface area contributed by atoms with Crippen molar-refractivity contribution in [3.05, 3.63) is 18.2 Å². The minimum atomic E-state index is 0.145. The van der Waals surface area contributed by atoms with Gasteiger partial charge in [-0.3, -0.25) is 4.79 Å². The topological polar surface area (TPSA) is 64.2 Å². The van der Waals surface area contributed by atoms with Crippen LogP contribution in [0.15, 0.2) is 12.4 Å². The molecule has 1 saturated heterocycles. The molecule has 5 nitrogen and oxygen atoms in total. The molecule has 0 spiro atoms. The van der Waals surface area contributed by atoms with Crippen molar-refractivity contribution in [1.82, 2.24) is 14.5 Å². The Morgan fingerprint density at radius 1 is 1.56 bits per heavy atom. The second kappa shape index (κ2) is 6.00. The molecule has 2 heterocycles. The molecule has 1 amide bonds. The highest BCUT2D eigenvalue weighted by atomic mass is 16.2. The summed E-state index contributed by atoms with van der Waals surface area (Å²) >= 11 is 0. The number of rotatable bonds is 3. The third-order valence-corrected chi connectivity index (χ3v) is 3.55. The number of amides is 1. The fraction of sp³-hybridized carbons (Fsp3) is 0.692. The number of hydrogen-bond acceptors (Lipinski definition) is 3. The second-order valence-electron chi connectivity index (χ2n) is 5.01. The van der Waals surface area contributed by atoms with Gasteiger partial charge in [-0.15, -0.1) is 0 Å². The molecule has 1 aromatic rings. The summed E-state index contributed by atoms with van der Waals surface area (Å²) in [7, 11) is 0. The third-order valence-electron chi connectivity index (χ3n) is 3.55. The Bertz CT molecular complexity index is 401. The Morgan fingerprint density at radius 3 is 3.11 bits per heavy atom. The molecule has 1 atom stereocenters. The van der Waals surface area contributed by atoms with Gasteiger partial charge in [0.1, 0.15) is 5.82 Å². The normalized spacial score (nSPS) is 20.8. The van der Waals surface area contributed by atoms with Crippen LogP contribution in [-0.4, -0.2) is 39.5 Å². The van der Waals surface area contributed by atoms with Crippen LogP contribution >= 0.6 is 0 Å². The number of aromatic nitrogens is 2. The zero-order valence-electron chi connectivity index (χ0n) is 11.0. The van der Waals surface area contributed by atoms with Gasteiger partial charge in [0.05, 0.1) is 0 Å². The highest BCUT2D eigenvalue weighted by Gasteiger charge is 2.19. The summed E-state index contributed by atoms with van der Waals surface area (Å²) in [6.45, 7) is 4.22. The van der Waals surface area contributed by atoms with Crippen LogP contribution in [0.4, 0.5) is 0 Å². The number of carbonyl (C=O) groups excluding carboxylic acids is 1.